The predicted molar refractivity (Wildman–Crippen MR) is 111 cm³/mol. The zero-order valence-electron chi connectivity index (χ0n) is 15.9. The summed E-state index contributed by atoms with van der Waals surface area (Å²) in [5, 5.41) is 16.3. The van der Waals surface area contributed by atoms with Crippen LogP contribution in [0.5, 0.6) is 0 Å². The van der Waals surface area contributed by atoms with Gasteiger partial charge in [0, 0.05) is 43.3 Å². The van der Waals surface area contributed by atoms with Crippen LogP contribution < -0.4 is 5.32 Å². The Balaban J connectivity index is 1.69. The first kappa shape index (κ1) is 21.1. The lowest BCUT2D eigenvalue weighted by Gasteiger charge is -2.22. The molecule has 0 saturated carbocycles. The van der Waals surface area contributed by atoms with Crippen LogP contribution in [0.4, 0.5) is 15.6 Å². The number of carbonyl (C=O) groups is 2. The SMILES string of the molecule is CNc1nc([C@@H]2C[C@H](SC(C)=O)CN2C(=O)OCc2ccc([N+](=O)[O-])cc2)cs1. The Kier molecular flexibility index (Phi) is 6.70. The number of nitrogens with zero attached hydrogens (tertiary/aromatic N) is 3. The van der Waals surface area contributed by atoms with Crippen molar-refractivity contribution in [2.45, 2.75) is 31.2 Å². The van der Waals surface area contributed by atoms with Crippen LogP contribution in [0.25, 0.3) is 0 Å². The van der Waals surface area contributed by atoms with Gasteiger partial charge in [-0.25, -0.2) is 9.78 Å². The standard InChI is InChI=1S/C18H20N4O5S2/c1-11(23)29-14-7-16(15-10-28-17(19-2)20-15)21(8-14)18(24)27-9-12-3-5-13(6-4-12)22(25)26/h3-6,10,14,16H,7-9H2,1-2H3,(H,19,20)/t14-,16-/m0/s1. The minimum absolute atomic E-state index is 0.00337. The van der Waals surface area contributed by atoms with Crippen molar-refractivity contribution in [3.05, 3.63) is 51.0 Å². The molecule has 1 fully saturated rings. The Bertz CT molecular complexity index is 902. The minimum Gasteiger partial charge on any atom is -0.445 e. The number of nitro benzene ring substituents is 1. The molecule has 1 aromatic carbocycles. The summed E-state index contributed by atoms with van der Waals surface area (Å²) in [6.07, 6.45) is 0.114. The van der Waals surface area contributed by atoms with Gasteiger partial charge in [-0.2, -0.15) is 0 Å². The number of rotatable bonds is 6. The molecule has 11 heteroatoms. The number of nitrogens with one attached hydrogen (secondary N) is 1. The van der Waals surface area contributed by atoms with Crippen LogP contribution in [0.15, 0.2) is 29.6 Å². The molecule has 3 rings (SSSR count). The second kappa shape index (κ2) is 9.23. The van der Waals surface area contributed by atoms with Gasteiger partial charge in [0.05, 0.1) is 16.7 Å². The molecule has 9 nitrogen and oxygen atoms in total. The summed E-state index contributed by atoms with van der Waals surface area (Å²) >= 11 is 2.67. The number of thiazole rings is 1. The molecule has 1 saturated heterocycles. The topological polar surface area (TPSA) is 115 Å². The Hall–Kier alpha value is -2.66. The highest BCUT2D eigenvalue weighted by Gasteiger charge is 2.39. The lowest BCUT2D eigenvalue weighted by atomic mass is 10.2. The largest absolute Gasteiger partial charge is 0.445 e. The Labute approximate surface area is 175 Å². The van der Waals surface area contributed by atoms with E-state index in [-0.39, 0.29) is 28.7 Å². The van der Waals surface area contributed by atoms with Gasteiger partial charge in [-0.05, 0) is 24.1 Å². The third-order valence-electron chi connectivity index (χ3n) is 4.42. The molecule has 0 aliphatic carbocycles. The molecule has 2 atom stereocenters. The van der Waals surface area contributed by atoms with E-state index >= 15 is 0 Å². The average molecular weight is 437 g/mol. The molecule has 2 aromatic rings. The molecule has 1 aliphatic rings. The zero-order chi connectivity index (χ0) is 21.0. The quantitative estimate of drug-likeness (QED) is 0.537. The van der Waals surface area contributed by atoms with Crippen molar-refractivity contribution in [1.29, 1.82) is 0 Å². The summed E-state index contributed by atoms with van der Waals surface area (Å²) in [6.45, 7) is 1.90. The van der Waals surface area contributed by atoms with Crippen LogP contribution in [-0.2, 0) is 16.1 Å². The van der Waals surface area contributed by atoms with E-state index in [2.05, 4.69) is 10.3 Å². The van der Waals surface area contributed by atoms with E-state index in [1.807, 2.05) is 5.38 Å². The Morgan fingerprint density at radius 3 is 2.72 bits per heavy atom. The number of nitro groups is 1. The third-order valence-corrected chi connectivity index (χ3v) is 6.30. The van der Waals surface area contributed by atoms with E-state index < -0.39 is 11.0 Å². The van der Waals surface area contributed by atoms with Crippen LogP contribution in [0.3, 0.4) is 0 Å². The number of non-ortho nitro benzene ring substituents is 1. The number of likely N-dealkylation sites (tertiary alicyclic amines) is 1. The van der Waals surface area contributed by atoms with Gasteiger partial charge in [0.2, 0.25) is 0 Å². The van der Waals surface area contributed by atoms with Crippen molar-refractivity contribution in [2.24, 2.45) is 0 Å². The van der Waals surface area contributed by atoms with E-state index in [1.165, 1.54) is 42.2 Å². The van der Waals surface area contributed by atoms with E-state index in [0.717, 1.165) is 10.8 Å². The molecule has 1 aromatic heterocycles. The van der Waals surface area contributed by atoms with Gasteiger partial charge in [-0.1, -0.05) is 11.8 Å². The number of ether oxygens (including phenoxy) is 1. The molecule has 2 heterocycles. The fourth-order valence-electron chi connectivity index (χ4n) is 3.10. The van der Waals surface area contributed by atoms with Crippen LogP contribution in [0.1, 0.15) is 30.6 Å². The molecule has 1 amide bonds. The summed E-state index contributed by atoms with van der Waals surface area (Å²) < 4.78 is 5.43. The second-order valence-corrected chi connectivity index (χ2v) is 8.78. The first-order valence-electron chi connectivity index (χ1n) is 8.84. The average Bonchev–Trinajstić information content (AvgIpc) is 3.32. The molecule has 0 spiro atoms. The zero-order valence-corrected chi connectivity index (χ0v) is 17.5. The van der Waals surface area contributed by atoms with E-state index in [4.69, 9.17) is 4.74 Å². The lowest BCUT2D eigenvalue weighted by Crippen LogP contribution is -2.32. The molecule has 1 N–H and O–H groups in total. The van der Waals surface area contributed by atoms with Gasteiger partial charge in [0.15, 0.2) is 10.2 Å². The number of thioether (sulfide) groups is 1. The van der Waals surface area contributed by atoms with E-state index in [9.17, 15) is 19.7 Å². The number of anilines is 1. The normalized spacial score (nSPS) is 18.5. The maximum absolute atomic E-state index is 12.7. The van der Waals surface area contributed by atoms with Crippen molar-refractivity contribution in [3.8, 4) is 0 Å². The first-order chi connectivity index (χ1) is 13.9. The summed E-state index contributed by atoms with van der Waals surface area (Å²) in [6, 6.07) is 5.59. The van der Waals surface area contributed by atoms with Crippen LogP contribution in [0, 0.1) is 10.1 Å². The maximum Gasteiger partial charge on any atom is 0.410 e. The van der Waals surface area contributed by atoms with Crippen LogP contribution in [-0.4, -0.2) is 44.9 Å². The van der Waals surface area contributed by atoms with Gasteiger partial charge in [0.25, 0.3) is 5.69 Å². The van der Waals surface area contributed by atoms with Gasteiger partial charge < -0.3 is 10.1 Å². The summed E-state index contributed by atoms with van der Waals surface area (Å²) in [7, 11) is 1.78. The van der Waals surface area contributed by atoms with Crippen molar-refractivity contribution in [2.75, 3.05) is 18.9 Å². The number of carbonyl (C=O) groups excluding carboxylic acids is 2. The number of benzene rings is 1. The fraction of sp³-hybridized carbons (Fsp3) is 0.389. The van der Waals surface area contributed by atoms with Gasteiger partial charge >= 0.3 is 6.09 Å². The number of aromatic nitrogens is 1. The van der Waals surface area contributed by atoms with Crippen molar-refractivity contribution >= 4 is 45.1 Å². The highest BCUT2D eigenvalue weighted by atomic mass is 32.2. The molecule has 154 valence electrons. The second-order valence-electron chi connectivity index (χ2n) is 6.44. The van der Waals surface area contributed by atoms with Crippen LogP contribution >= 0.6 is 23.1 Å². The summed E-state index contributed by atoms with van der Waals surface area (Å²) in [4.78, 5) is 40.6. The Morgan fingerprint density at radius 2 is 2.14 bits per heavy atom. The van der Waals surface area contributed by atoms with Crippen molar-refractivity contribution in [3.63, 3.8) is 0 Å². The van der Waals surface area contributed by atoms with E-state index in [1.54, 1.807) is 24.1 Å². The fourth-order valence-corrected chi connectivity index (χ4v) is 4.80. The Morgan fingerprint density at radius 1 is 1.41 bits per heavy atom. The van der Waals surface area contributed by atoms with Crippen molar-refractivity contribution < 1.29 is 19.2 Å². The van der Waals surface area contributed by atoms with E-state index in [0.29, 0.717) is 18.5 Å². The molecular weight excluding hydrogens is 416 g/mol. The molecular formula is C18H20N4O5S2. The predicted octanol–water partition coefficient (Wildman–Crippen LogP) is 3.82. The van der Waals surface area contributed by atoms with Crippen molar-refractivity contribution in [1.82, 2.24) is 9.88 Å². The third kappa shape index (κ3) is 5.24. The monoisotopic (exact) mass is 436 g/mol. The summed E-state index contributed by atoms with van der Waals surface area (Å²) in [5.74, 6) is 0. The number of amides is 1. The number of hydrogen-bond donors (Lipinski definition) is 1. The smallest absolute Gasteiger partial charge is 0.410 e. The van der Waals surface area contributed by atoms with Crippen LogP contribution in [0.2, 0.25) is 0 Å². The molecule has 0 unspecified atom stereocenters. The highest BCUT2D eigenvalue weighted by Crippen LogP contribution is 2.39. The van der Waals surface area contributed by atoms with Gasteiger partial charge in [-0.15, -0.1) is 11.3 Å². The molecule has 1 aliphatic heterocycles. The van der Waals surface area contributed by atoms with Gasteiger partial charge in [-0.3, -0.25) is 19.8 Å². The minimum atomic E-state index is -0.501. The summed E-state index contributed by atoms with van der Waals surface area (Å²) in [5.41, 5.74) is 1.39. The van der Waals surface area contributed by atoms with Gasteiger partial charge in [0.1, 0.15) is 6.61 Å². The molecule has 0 bridgehead atoms. The lowest BCUT2D eigenvalue weighted by molar-refractivity contribution is -0.384. The highest BCUT2D eigenvalue weighted by molar-refractivity contribution is 8.14. The molecule has 0 radical (unpaired) electrons. The molecule has 29 heavy (non-hydrogen) atoms. The maximum atomic E-state index is 12.7. The number of hydrogen-bond acceptors (Lipinski definition) is 9. The first-order valence-corrected chi connectivity index (χ1v) is 10.6.